The van der Waals surface area contributed by atoms with Gasteiger partial charge in [-0.3, -0.25) is 9.59 Å². The second-order valence-corrected chi connectivity index (χ2v) is 8.38. The molecule has 0 amide bonds. The van der Waals surface area contributed by atoms with Gasteiger partial charge >= 0.3 is 12.5 Å². The maximum absolute atomic E-state index is 13.0. The molecule has 2 aromatic carbocycles. The van der Waals surface area contributed by atoms with Gasteiger partial charge in [-0.2, -0.15) is 23.0 Å². The van der Waals surface area contributed by atoms with E-state index in [1.54, 1.807) is 0 Å². The summed E-state index contributed by atoms with van der Waals surface area (Å²) in [5, 5.41) is 16.8. The van der Waals surface area contributed by atoms with Crippen LogP contribution in [0.1, 0.15) is 23.0 Å². The molecule has 40 heavy (non-hydrogen) atoms. The quantitative estimate of drug-likeness (QED) is 0.0897. The van der Waals surface area contributed by atoms with Crippen molar-refractivity contribution < 1.29 is 45.4 Å². The van der Waals surface area contributed by atoms with Gasteiger partial charge in [-0.1, -0.05) is 0 Å². The fraction of sp³-hybridized carbons (Fsp3) is 0.111. The Bertz CT molecular complexity index is 1590. The highest BCUT2D eigenvalue weighted by atomic mass is 19.4. The van der Waals surface area contributed by atoms with Gasteiger partial charge in [-0.15, -0.1) is 13.2 Å². The Morgan fingerprint density at radius 2 is 1.55 bits per heavy atom. The zero-order valence-corrected chi connectivity index (χ0v) is 20.3. The first-order valence-corrected chi connectivity index (χ1v) is 11.3. The summed E-state index contributed by atoms with van der Waals surface area (Å²) in [5.41, 5.74) is -0.132. The number of ether oxygens (including phenoxy) is 1. The highest BCUT2D eigenvalue weighted by Gasteiger charge is 2.31. The van der Waals surface area contributed by atoms with E-state index in [1.165, 1.54) is 37.3 Å². The first-order chi connectivity index (χ1) is 18.7. The van der Waals surface area contributed by atoms with E-state index in [0.29, 0.717) is 10.3 Å². The molecule has 0 N–H and O–H groups in total. The summed E-state index contributed by atoms with van der Waals surface area (Å²) in [7, 11) is 0. The largest absolute Gasteiger partial charge is 0.618 e. The number of benzene rings is 2. The number of hydrogen-bond donors (Lipinski definition) is 0. The zero-order chi connectivity index (χ0) is 29.2. The molecule has 13 heteroatoms. The minimum Gasteiger partial charge on any atom is -0.618 e. The molecule has 0 aliphatic carbocycles. The average molecular weight is 561 g/mol. The minimum atomic E-state index is -4.89. The van der Waals surface area contributed by atoms with Crippen molar-refractivity contribution >= 4 is 11.6 Å². The number of rotatable bonds is 7. The van der Waals surface area contributed by atoms with Crippen molar-refractivity contribution in [2.45, 2.75) is 19.5 Å². The van der Waals surface area contributed by atoms with Crippen molar-refractivity contribution in [1.29, 1.82) is 0 Å². The molecule has 0 unspecified atom stereocenters. The summed E-state index contributed by atoms with van der Waals surface area (Å²) in [4.78, 5) is 24.2. The number of halogens is 6. The normalized spacial score (nSPS) is 12.1. The van der Waals surface area contributed by atoms with Crippen LogP contribution in [-0.2, 0) is 11.0 Å². The number of aromatic nitrogens is 3. The van der Waals surface area contributed by atoms with Crippen molar-refractivity contribution in [3.63, 3.8) is 0 Å². The minimum absolute atomic E-state index is 0.0319. The SMILES string of the molecule is CC(=O)/C=C\C(=O)c1cc(-c2cc[n+]([O-])c(-c3ccc(OC(F)(F)F)cc3)c2)nn1-c1ccc(C(F)(F)F)cc1. The highest BCUT2D eigenvalue weighted by Crippen LogP contribution is 2.31. The maximum atomic E-state index is 13.0. The Morgan fingerprint density at radius 1 is 0.900 bits per heavy atom. The third kappa shape index (κ3) is 6.54. The monoisotopic (exact) mass is 561 g/mol. The van der Waals surface area contributed by atoms with Crippen molar-refractivity contribution in [2.75, 3.05) is 0 Å². The first-order valence-electron chi connectivity index (χ1n) is 11.3. The molecule has 4 rings (SSSR count). The van der Waals surface area contributed by atoms with Crippen LogP contribution in [0.25, 0.3) is 28.2 Å². The summed E-state index contributed by atoms with van der Waals surface area (Å²) in [6, 6.07) is 12.5. The third-order valence-electron chi connectivity index (χ3n) is 5.47. The van der Waals surface area contributed by atoms with Gasteiger partial charge in [0.15, 0.2) is 12.0 Å². The van der Waals surface area contributed by atoms with Gasteiger partial charge in [0.25, 0.3) is 0 Å². The molecule has 0 saturated carbocycles. The molecule has 0 atom stereocenters. The number of carbonyl (C=O) groups is 2. The molecule has 0 aliphatic heterocycles. The Hall–Kier alpha value is -4.94. The van der Waals surface area contributed by atoms with Crippen LogP contribution in [-0.4, -0.2) is 27.7 Å². The number of allylic oxidation sites excluding steroid dienone is 2. The highest BCUT2D eigenvalue weighted by molar-refractivity contribution is 6.07. The van der Waals surface area contributed by atoms with E-state index in [2.05, 4.69) is 9.84 Å². The van der Waals surface area contributed by atoms with Gasteiger partial charge in [-0.25, -0.2) is 4.68 Å². The van der Waals surface area contributed by atoms with E-state index in [9.17, 15) is 41.1 Å². The van der Waals surface area contributed by atoms with Crippen LogP contribution in [0, 0.1) is 5.21 Å². The van der Waals surface area contributed by atoms with Crippen molar-refractivity contribution in [2.24, 2.45) is 0 Å². The lowest BCUT2D eigenvalue weighted by Gasteiger charge is -2.10. The van der Waals surface area contributed by atoms with E-state index >= 15 is 0 Å². The number of carbonyl (C=O) groups excluding carboxylic acids is 2. The van der Waals surface area contributed by atoms with Crippen LogP contribution < -0.4 is 9.47 Å². The smallest absolute Gasteiger partial charge is 0.573 e. The molecule has 0 saturated heterocycles. The molecule has 0 bridgehead atoms. The van der Waals surface area contributed by atoms with Crippen molar-refractivity contribution in [3.8, 4) is 34.0 Å². The summed E-state index contributed by atoms with van der Waals surface area (Å²) < 4.78 is 81.9. The molecular formula is C27H17F6N3O4. The van der Waals surface area contributed by atoms with E-state index < -0.39 is 35.4 Å². The second-order valence-electron chi connectivity index (χ2n) is 8.38. The van der Waals surface area contributed by atoms with Crippen LogP contribution in [0.5, 0.6) is 5.75 Å². The van der Waals surface area contributed by atoms with Gasteiger partial charge in [0.05, 0.1) is 16.9 Å². The van der Waals surface area contributed by atoms with E-state index in [0.717, 1.165) is 59.4 Å². The Labute approximate surface area is 222 Å². The first kappa shape index (κ1) is 28.1. The lowest BCUT2D eigenvalue weighted by molar-refractivity contribution is -0.593. The van der Waals surface area contributed by atoms with Crippen molar-refractivity contribution in [1.82, 2.24) is 9.78 Å². The molecular weight excluding hydrogens is 544 g/mol. The molecule has 2 aromatic heterocycles. The summed E-state index contributed by atoms with van der Waals surface area (Å²) >= 11 is 0. The number of hydrogen-bond acceptors (Lipinski definition) is 5. The van der Waals surface area contributed by atoms with E-state index in [4.69, 9.17) is 0 Å². The molecule has 0 radical (unpaired) electrons. The van der Waals surface area contributed by atoms with Gasteiger partial charge in [-0.05, 0) is 73.7 Å². The molecule has 4 aromatic rings. The molecule has 0 fully saturated rings. The molecule has 0 spiro atoms. The molecule has 2 heterocycles. The number of pyridine rings is 1. The lowest BCUT2D eigenvalue weighted by Crippen LogP contribution is -2.28. The number of alkyl halides is 6. The average Bonchev–Trinajstić information content (AvgIpc) is 3.32. The van der Waals surface area contributed by atoms with Crippen molar-refractivity contribution in [3.05, 3.63) is 102 Å². The summed E-state index contributed by atoms with van der Waals surface area (Å²) in [6.07, 6.45) is -6.32. The fourth-order valence-electron chi connectivity index (χ4n) is 3.65. The molecule has 206 valence electrons. The van der Waals surface area contributed by atoms with Gasteiger partial charge in [0, 0.05) is 23.3 Å². The number of nitrogens with zero attached hydrogens (tertiary/aromatic N) is 3. The van der Waals surface area contributed by atoms with E-state index in [-0.39, 0.29) is 28.3 Å². The molecule has 0 aliphatic rings. The standard InChI is InChI=1S/C27H17F6N3O4/c1-16(37)2-11-25(38)24-15-22(34-36(24)20-7-5-19(6-8-20)26(28,29)30)18-12-13-35(39)23(14-18)17-3-9-21(10-4-17)40-27(31,32)33/h2-15H,1H3/b11-2-. The number of ketones is 2. The Morgan fingerprint density at radius 3 is 2.12 bits per heavy atom. The summed E-state index contributed by atoms with van der Waals surface area (Å²) in [5.74, 6) is -1.56. The topological polar surface area (TPSA) is 88.1 Å². The van der Waals surface area contributed by atoms with Gasteiger partial charge in [0.2, 0.25) is 11.5 Å². The predicted molar refractivity (Wildman–Crippen MR) is 129 cm³/mol. The van der Waals surface area contributed by atoms with Crippen LogP contribution in [0.2, 0.25) is 0 Å². The fourth-order valence-corrected chi connectivity index (χ4v) is 3.65. The van der Waals surface area contributed by atoms with Crippen LogP contribution in [0.15, 0.2) is 85.1 Å². The Kier molecular flexibility index (Phi) is 7.49. The van der Waals surface area contributed by atoms with Gasteiger partial charge < -0.3 is 9.94 Å². The zero-order valence-electron chi connectivity index (χ0n) is 20.3. The maximum Gasteiger partial charge on any atom is 0.573 e. The van der Waals surface area contributed by atoms with Gasteiger partial charge in [0.1, 0.15) is 11.4 Å². The van der Waals surface area contributed by atoms with Crippen LogP contribution >= 0.6 is 0 Å². The van der Waals surface area contributed by atoms with Crippen LogP contribution in [0.3, 0.4) is 0 Å². The predicted octanol–water partition coefficient (Wildman–Crippen LogP) is 6.09. The van der Waals surface area contributed by atoms with Crippen LogP contribution in [0.4, 0.5) is 26.3 Å². The summed E-state index contributed by atoms with van der Waals surface area (Å²) in [6.45, 7) is 1.23. The Balaban J connectivity index is 1.77. The van der Waals surface area contributed by atoms with E-state index in [1.807, 2.05) is 0 Å². The molecule has 7 nitrogen and oxygen atoms in total. The lowest BCUT2D eigenvalue weighted by atomic mass is 10.1. The third-order valence-corrected chi connectivity index (χ3v) is 5.47. The second kappa shape index (κ2) is 10.7.